The van der Waals surface area contributed by atoms with Crippen LogP contribution in [0.4, 0.5) is 0 Å². The molecule has 26 heavy (non-hydrogen) atoms. The van der Waals surface area contributed by atoms with Gasteiger partial charge in [-0.2, -0.15) is 5.10 Å². The second kappa shape index (κ2) is 6.41. The Morgan fingerprint density at radius 1 is 1.38 bits per heavy atom. The van der Waals surface area contributed by atoms with Gasteiger partial charge >= 0.3 is 0 Å². The van der Waals surface area contributed by atoms with Crippen LogP contribution < -0.4 is 10.6 Å². The van der Waals surface area contributed by atoms with Crippen molar-refractivity contribution in [2.75, 3.05) is 13.1 Å². The summed E-state index contributed by atoms with van der Waals surface area (Å²) >= 11 is 5.94. The lowest BCUT2D eigenvalue weighted by atomic mass is 9.96. The van der Waals surface area contributed by atoms with Crippen molar-refractivity contribution in [3.63, 3.8) is 0 Å². The van der Waals surface area contributed by atoms with Crippen LogP contribution in [0.25, 0.3) is 0 Å². The number of halogens is 1. The standard InChI is InChI=1S/C18H19ClN4O3/c19-12-3-1-11(2-4-12)18(5-6-18)10-21-16(25)14-7-15-17(26)20-8-13(24)9-23(15)22-14/h1-4,7,13,24H,5-6,8-10H2,(H,20,26)(H,21,25). The minimum absolute atomic E-state index is 0.0509. The second-order valence-corrected chi connectivity index (χ2v) is 7.37. The summed E-state index contributed by atoms with van der Waals surface area (Å²) in [5.41, 5.74) is 1.57. The molecule has 7 nitrogen and oxygen atoms in total. The summed E-state index contributed by atoms with van der Waals surface area (Å²) in [6.45, 7) is 0.855. The number of aromatic nitrogens is 2. The molecule has 1 saturated carbocycles. The van der Waals surface area contributed by atoms with Gasteiger partial charge in [0.25, 0.3) is 11.8 Å². The highest BCUT2D eigenvalue weighted by Crippen LogP contribution is 2.47. The highest BCUT2D eigenvalue weighted by molar-refractivity contribution is 6.30. The van der Waals surface area contributed by atoms with Gasteiger partial charge in [0.2, 0.25) is 0 Å². The van der Waals surface area contributed by atoms with Crippen molar-refractivity contribution >= 4 is 23.4 Å². The fourth-order valence-electron chi connectivity index (χ4n) is 3.28. The number of β-amino-alcohol motifs (C(OH)–C–C–N with tert-alkyl or cyclic N) is 1. The number of hydrogen-bond acceptors (Lipinski definition) is 4. The monoisotopic (exact) mass is 374 g/mol. The molecule has 1 atom stereocenters. The van der Waals surface area contributed by atoms with Gasteiger partial charge in [0.1, 0.15) is 5.69 Å². The van der Waals surface area contributed by atoms with E-state index in [9.17, 15) is 14.7 Å². The lowest BCUT2D eigenvalue weighted by molar-refractivity contribution is 0.0931. The number of aliphatic hydroxyl groups excluding tert-OH is 1. The summed E-state index contributed by atoms with van der Waals surface area (Å²) in [4.78, 5) is 24.5. The first-order chi connectivity index (χ1) is 12.5. The molecular formula is C18H19ClN4O3. The molecule has 1 fully saturated rings. The van der Waals surface area contributed by atoms with Crippen molar-refractivity contribution in [2.24, 2.45) is 0 Å². The minimum Gasteiger partial charge on any atom is -0.389 e. The molecule has 0 spiro atoms. The van der Waals surface area contributed by atoms with Crippen LogP contribution in [0.3, 0.4) is 0 Å². The normalized spacial score (nSPS) is 20.7. The van der Waals surface area contributed by atoms with Gasteiger partial charge < -0.3 is 15.7 Å². The Morgan fingerprint density at radius 2 is 2.12 bits per heavy atom. The highest BCUT2D eigenvalue weighted by atomic mass is 35.5. The van der Waals surface area contributed by atoms with E-state index in [1.54, 1.807) is 0 Å². The van der Waals surface area contributed by atoms with Gasteiger partial charge in [0, 0.05) is 29.6 Å². The van der Waals surface area contributed by atoms with Gasteiger partial charge in [-0.3, -0.25) is 14.3 Å². The molecule has 0 radical (unpaired) electrons. The van der Waals surface area contributed by atoms with Crippen LogP contribution >= 0.6 is 11.6 Å². The Balaban J connectivity index is 1.46. The number of fused-ring (bicyclic) bond motifs is 1. The molecule has 1 aromatic carbocycles. The predicted octanol–water partition coefficient (Wildman–Crippen LogP) is 1.10. The number of nitrogens with zero attached hydrogens (tertiary/aromatic N) is 2. The van der Waals surface area contributed by atoms with E-state index < -0.39 is 6.10 Å². The summed E-state index contributed by atoms with van der Waals surface area (Å²) in [6.07, 6.45) is 1.28. The Bertz CT molecular complexity index is 858. The third kappa shape index (κ3) is 3.20. The largest absolute Gasteiger partial charge is 0.389 e. The molecule has 2 heterocycles. The molecule has 1 unspecified atom stereocenters. The van der Waals surface area contributed by atoms with E-state index in [0.717, 1.165) is 18.4 Å². The first-order valence-electron chi connectivity index (χ1n) is 8.55. The molecule has 1 aliphatic heterocycles. The zero-order chi connectivity index (χ0) is 18.3. The SMILES string of the molecule is O=C(NCC1(c2ccc(Cl)cc2)CC1)c1cc2n(n1)CC(O)CNC2=O. The molecule has 2 aliphatic rings. The third-order valence-electron chi connectivity index (χ3n) is 5.02. The van der Waals surface area contributed by atoms with Gasteiger partial charge in [0.05, 0.1) is 12.6 Å². The fourth-order valence-corrected chi connectivity index (χ4v) is 3.40. The summed E-state index contributed by atoms with van der Waals surface area (Å²) in [7, 11) is 0. The van der Waals surface area contributed by atoms with E-state index >= 15 is 0 Å². The maximum absolute atomic E-state index is 12.5. The average molecular weight is 375 g/mol. The lowest BCUT2D eigenvalue weighted by Crippen LogP contribution is -2.33. The number of aliphatic hydroxyl groups is 1. The number of benzene rings is 1. The van der Waals surface area contributed by atoms with E-state index in [2.05, 4.69) is 15.7 Å². The Morgan fingerprint density at radius 3 is 2.81 bits per heavy atom. The predicted molar refractivity (Wildman–Crippen MR) is 95.3 cm³/mol. The Hall–Kier alpha value is -2.38. The fraction of sp³-hybridized carbons (Fsp3) is 0.389. The van der Waals surface area contributed by atoms with E-state index in [0.29, 0.717) is 11.6 Å². The maximum atomic E-state index is 12.5. The van der Waals surface area contributed by atoms with Crippen molar-refractivity contribution in [3.05, 3.63) is 52.3 Å². The smallest absolute Gasteiger partial charge is 0.271 e. The Labute approximate surface area is 155 Å². The molecule has 136 valence electrons. The summed E-state index contributed by atoms with van der Waals surface area (Å²) in [5.74, 6) is -0.666. The van der Waals surface area contributed by atoms with Crippen molar-refractivity contribution in [1.29, 1.82) is 0 Å². The van der Waals surface area contributed by atoms with E-state index in [1.807, 2.05) is 24.3 Å². The summed E-state index contributed by atoms with van der Waals surface area (Å²) < 4.78 is 1.38. The number of hydrogen-bond donors (Lipinski definition) is 3. The molecule has 3 N–H and O–H groups in total. The zero-order valence-electron chi connectivity index (χ0n) is 14.0. The second-order valence-electron chi connectivity index (χ2n) is 6.93. The quantitative estimate of drug-likeness (QED) is 0.746. The van der Waals surface area contributed by atoms with E-state index in [-0.39, 0.29) is 41.7 Å². The summed E-state index contributed by atoms with van der Waals surface area (Å²) in [6, 6.07) is 9.16. The van der Waals surface area contributed by atoms with Gasteiger partial charge in [0.15, 0.2) is 5.69 Å². The first kappa shape index (κ1) is 17.1. The van der Waals surface area contributed by atoms with Crippen molar-refractivity contribution in [2.45, 2.75) is 30.9 Å². The Kier molecular flexibility index (Phi) is 4.20. The van der Waals surface area contributed by atoms with Crippen LogP contribution in [0.5, 0.6) is 0 Å². The minimum atomic E-state index is -0.726. The molecular weight excluding hydrogens is 356 g/mol. The van der Waals surface area contributed by atoms with Gasteiger partial charge in [-0.05, 0) is 30.5 Å². The lowest BCUT2D eigenvalue weighted by Gasteiger charge is -2.16. The van der Waals surface area contributed by atoms with Crippen LogP contribution in [0.2, 0.25) is 5.02 Å². The molecule has 0 saturated heterocycles. The molecule has 2 amide bonds. The first-order valence-corrected chi connectivity index (χ1v) is 8.93. The van der Waals surface area contributed by atoms with Crippen LogP contribution in [-0.2, 0) is 12.0 Å². The molecule has 4 rings (SSSR count). The molecule has 1 aliphatic carbocycles. The van der Waals surface area contributed by atoms with Crippen LogP contribution in [-0.4, -0.2) is 45.9 Å². The maximum Gasteiger partial charge on any atom is 0.271 e. The van der Waals surface area contributed by atoms with Gasteiger partial charge in [-0.25, -0.2) is 0 Å². The molecule has 8 heteroatoms. The highest BCUT2D eigenvalue weighted by Gasteiger charge is 2.44. The number of carbonyl (C=O) groups is 2. The van der Waals surface area contributed by atoms with Crippen LogP contribution in [0.15, 0.2) is 30.3 Å². The van der Waals surface area contributed by atoms with Crippen molar-refractivity contribution < 1.29 is 14.7 Å². The number of nitrogens with one attached hydrogen (secondary N) is 2. The molecule has 1 aromatic heterocycles. The van der Waals surface area contributed by atoms with Crippen molar-refractivity contribution in [1.82, 2.24) is 20.4 Å². The van der Waals surface area contributed by atoms with Crippen LogP contribution in [0, 0.1) is 0 Å². The van der Waals surface area contributed by atoms with Gasteiger partial charge in [-0.1, -0.05) is 23.7 Å². The summed E-state index contributed by atoms with van der Waals surface area (Å²) in [5, 5.41) is 20.2. The number of rotatable bonds is 4. The van der Waals surface area contributed by atoms with Crippen molar-refractivity contribution in [3.8, 4) is 0 Å². The van der Waals surface area contributed by atoms with E-state index in [4.69, 9.17) is 11.6 Å². The number of amides is 2. The van der Waals surface area contributed by atoms with Gasteiger partial charge in [-0.15, -0.1) is 0 Å². The average Bonchev–Trinajstić information content (AvgIpc) is 3.33. The van der Waals surface area contributed by atoms with E-state index in [1.165, 1.54) is 10.7 Å². The third-order valence-corrected chi connectivity index (χ3v) is 5.28. The number of carbonyl (C=O) groups excluding carboxylic acids is 2. The topological polar surface area (TPSA) is 96.2 Å². The van der Waals surface area contributed by atoms with Crippen LogP contribution in [0.1, 0.15) is 39.4 Å². The molecule has 0 bridgehead atoms. The molecule has 2 aromatic rings. The zero-order valence-corrected chi connectivity index (χ0v) is 14.8.